The van der Waals surface area contributed by atoms with Gasteiger partial charge in [-0.25, -0.2) is 0 Å². The van der Waals surface area contributed by atoms with Crippen LogP contribution in [0.2, 0.25) is 0 Å². The molecule has 0 unspecified atom stereocenters. The van der Waals surface area contributed by atoms with Crippen LogP contribution < -0.4 is 4.74 Å². The summed E-state index contributed by atoms with van der Waals surface area (Å²) >= 11 is 0. The molecule has 0 aliphatic heterocycles. The average molecular weight is 435 g/mol. The maximum Gasteiger partial charge on any atom is 0.298 e. The fourth-order valence-electron chi connectivity index (χ4n) is 3.49. The predicted molar refractivity (Wildman–Crippen MR) is 120 cm³/mol. The molecule has 2 N–H and O–H groups in total. The van der Waals surface area contributed by atoms with Crippen molar-refractivity contribution in [3.8, 4) is 17.2 Å². The molecular formula is C24H34O5S. The zero-order chi connectivity index (χ0) is 21.8. The number of phenols is 1. The highest BCUT2D eigenvalue weighted by Gasteiger charge is 2.18. The molecule has 0 aliphatic rings. The van der Waals surface area contributed by atoms with Gasteiger partial charge in [0.2, 0.25) is 0 Å². The van der Waals surface area contributed by atoms with Crippen LogP contribution in [0.15, 0.2) is 47.4 Å². The van der Waals surface area contributed by atoms with Crippen LogP contribution in [0.4, 0.5) is 0 Å². The summed E-state index contributed by atoms with van der Waals surface area (Å²) in [6.07, 6.45) is 13.4. The van der Waals surface area contributed by atoms with Crippen molar-refractivity contribution in [1.29, 1.82) is 0 Å². The molecule has 2 rings (SSSR count). The first kappa shape index (κ1) is 24.2. The van der Waals surface area contributed by atoms with Crippen LogP contribution in [-0.4, -0.2) is 18.1 Å². The summed E-state index contributed by atoms with van der Waals surface area (Å²) in [5.41, 5.74) is 0.956. The quantitative estimate of drug-likeness (QED) is 0.250. The lowest BCUT2D eigenvalue weighted by molar-refractivity contribution is 0.440. The highest BCUT2D eigenvalue weighted by Crippen LogP contribution is 2.31. The Balaban J connectivity index is 1.87. The van der Waals surface area contributed by atoms with Crippen LogP contribution in [0.3, 0.4) is 0 Å². The second-order valence-electron chi connectivity index (χ2n) is 7.79. The molecule has 0 aliphatic carbocycles. The number of rotatable bonds is 14. The summed E-state index contributed by atoms with van der Waals surface area (Å²) < 4.78 is 38.5. The Kier molecular flexibility index (Phi) is 10.2. The van der Waals surface area contributed by atoms with Crippen LogP contribution in [0.25, 0.3) is 0 Å². The zero-order valence-electron chi connectivity index (χ0n) is 17.8. The molecule has 0 spiro atoms. The van der Waals surface area contributed by atoms with Gasteiger partial charge >= 0.3 is 0 Å². The third-order valence-electron chi connectivity index (χ3n) is 5.15. The summed E-state index contributed by atoms with van der Waals surface area (Å²) in [5.74, 6) is 0.381. The van der Waals surface area contributed by atoms with E-state index in [1.807, 2.05) is 0 Å². The highest BCUT2D eigenvalue weighted by atomic mass is 32.2. The van der Waals surface area contributed by atoms with Crippen molar-refractivity contribution in [1.82, 2.24) is 0 Å². The van der Waals surface area contributed by atoms with Crippen molar-refractivity contribution in [3.05, 3.63) is 48.0 Å². The summed E-state index contributed by atoms with van der Waals surface area (Å²) in [5, 5.41) is 9.59. The van der Waals surface area contributed by atoms with E-state index in [1.165, 1.54) is 69.6 Å². The molecular weight excluding hydrogens is 400 g/mol. The van der Waals surface area contributed by atoms with Gasteiger partial charge in [0, 0.05) is 6.07 Å². The molecule has 2 aromatic carbocycles. The maximum absolute atomic E-state index is 11.7. The summed E-state index contributed by atoms with van der Waals surface area (Å²) in [4.78, 5) is -0.280. The minimum atomic E-state index is -4.41. The van der Waals surface area contributed by atoms with Crippen LogP contribution in [0, 0.1) is 0 Å². The molecule has 5 nitrogen and oxygen atoms in total. The van der Waals surface area contributed by atoms with Gasteiger partial charge in [0.05, 0.1) is 0 Å². The Morgan fingerprint density at radius 3 is 2.07 bits per heavy atom. The SMILES string of the molecule is CCCCCCCCCCCCc1ccc(S(=O)(=O)O)c(Oc2cccc(O)c2)c1. The van der Waals surface area contributed by atoms with E-state index in [-0.39, 0.29) is 16.4 Å². The van der Waals surface area contributed by atoms with E-state index >= 15 is 0 Å². The number of unbranched alkanes of at least 4 members (excludes halogenated alkanes) is 9. The van der Waals surface area contributed by atoms with Crippen molar-refractivity contribution < 1.29 is 22.8 Å². The molecule has 0 amide bonds. The molecule has 2 aromatic rings. The van der Waals surface area contributed by atoms with Gasteiger partial charge in [-0.1, -0.05) is 76.8 Å². The Hall–Kier alpha value is -2.05. The average Bonchev–Trinajstić information content (AvgIpc) is 2.69. The lowest BCUT2D eigenvalue weighted by Crippen LogP contribution is -2.02. The lowest BCUT2D eigenvalue weighted by Gasteiger charge is -2.12. The molecule has 0 aromatic heterocycles. The number of phenolic OH excluding ortho intramolecular Hbond substituents is 1. The smallest absolute Gasteiger partial charge is 0.298 e. The van der Waals surface area contributed by atoms with Crippen LogP contribution in [-0.2, 0) is 16.5 Å². The Morgan fingerprint density at radius 1 is 0.833 bits per heavy atom. The second kappa shape index (κ2) is 12.6. The maximum atomic E-state index is 11.7. The van der Waals surface area contributed by atoms with Gasteiger partial charge in [-0.05, 0) is 42.7 Å². The molecule has 0 heterocycles. The molecule has 0 fully saturated rings. The van der Waals surface area contributed by atoms with Crippen molar-refractivity contribution in [2.45, 2.75) is 82.4 Å². The summed E-state index contributed by atoms with van der Waals surface area (Å²) in [6.45, 7) is 2.23. The molecule has 0 saturated heterocycles. The fraction of sp³-hybridized carbons (Fsp3) is 0.500. The highest BCUT2D eigenvalue weighted by molar-refractivity contribution is 7.86. The molecule has 0 saturated carbocycles. The minimum absolute atomic E-state index is 0.0161. The topological polar surface area (TPSA) is 83.8 Å². The Labute approximate surface area is 180 Å². The van der Waals surface area contributed by atoms with Crippen molar-refractivity contribution in [3.63, 3.8) is 0 Å². The van der Waals surface area contributed by atoms with E-state index in [0.29, 0.717) is 5.75 Å². The number of benzene rings is 2. The molecule has 0 radical (unpaired) electrons. The standard InChI is InChI=1S/C24H34O5S/c1-2-3-4-5-6-7-8-9-10-11-13-20-16-17-24(30(26,27)28)23(18-20)29-22-15-12-14-21(25)19-22/h12,14-19,25H,2-11,13H2,1H3,(H,26,27,28). The van der Waals surface area contributed by atoms with E-state index in [0.717, 1.165) is 24.8 Å². The first-order valence-corrected chi connectivity index (χ1v) is 12.4. The van der Waals surface area contributed by atoms with Gasteiger partial charge in [0.15, 0.2) is 0 Å². The van der Waals surface area contributed by atoms with E-state index < -0.39 is 10.1 Å². The van der Waals surface area contributed by atoms with Crippen LogP contribution in [0.5, 0.6) is 17.2 Å². The van der Waals surface area contributed by atoms with E-state index in [2.05, 4.69) is 6.92 Å². The number of aryl methyl sites for hydroxylation is 1. The number of hydrogen-bond donors (Lipinski definition) is 2. The third kappa shape index (κ3) is 8.76. The molecule has 0 bridgehead atoms. The van der Waals surface area contributed by atoms with E-state index in [9.17, 15) is 18.1 Å². The van der Waals surface area contributed by atoms with Crippen LogP contribution >= 0.6 is 0 Å². The molecule has 6 heteroatoms. The van der Waals surface area contributed by atoms with Gasteiger partial charge in [-0.15, -0.1) is 0 Å². The molecule has 166 valence electrons. The lowest BCUT2D eigenvalue weighted by atomic mass is 10.0. The van der Waals surface area contributed by atoms with Crippen molar-refractivity contribution >= 4 is 10.1 Å². The second-order valence-corrected chi connectivity index (χ2v) is 9.18. The van der Waals surface area contributed by atoms with Gasteiger partial charge in [0.1, 0.15) is 22.1 Å². The van der Waals surface area contributed by atoms with Crippen molar-refractivity contribution in [2.24, 2.45) is 0 Å². The number of ether oxygens (including phenoxy) is 1. The first-order chi connectivity index (χ1) is 14.4. The molecule has 0 atom stereocenters. The van der Waals surface area contributed by atoms with Crippen LogP contribution in [0.1, 0.15) is 76.7 Å². The van der Waals surface area contributed by atoms with Gasteiger partial charge < -0.3 is 9.84 Å². The zero-order valence-corrected chi connectivity index (χ0v) is 18.7. The summed E-state index contributed by atoms with van der Waals surface area (Å²) in [7, 11) is -4.41. The third-order valence-corrected chi connectivity index (χ3v) is 6.04. The van der Waals surface area contributed by atoms with Gasteiger partial charge in [-0.2, -0.15) is 8.42 Å². The largest absolute Gasteiger partial charge is 0.508 e. The van der Waals surface area contributed by atoms with Crippen molar-refractivity contribution in [2.75, 3.05) is 0 Å². The Morgan fingerprint density at radius 2 is 1.47 bits per heavy atom. The molecule has 30 heavy (non-hydrogen) atoms. The first-order valence-electron chi connectivity index (χ1n) is 11.0. The van der Waals surface area contributed by atoms with E-state index in [1.54, 1.807) is 24.3 Å². The summed E-state index contributed by atoms with van der Waals surface area (Å²) in [6, 6.07) is 10.8. The van der Waals surface area contributed by atoms with Gasteiger partial charge in [-0.3, -0.25) is 4.55 Å². The monoisotopic (exact) mass is 434 g/mol. The predicted octanol–water partition coefficient (Wildman–Crippen LogP) is 6.89. The minimum Gasteiger partial charge on any atom is -0.508 e. The fourth-order valence-corrected chi connectivity index (χ4v) is 4.09. The normalized spacial score (nSPS) is 11.5. The Bertz CT molecular complexity index is 877. The van der Waals surface area contributed by atoms with Gasteiger partial charge in [0.25, 0.3) is 10.1 Å². The van der Waals surface area contributed by atoms with E-state index in [4.69, 9.17) is 4.74 Å². The number of hydrogen-bond acceptors (Lipinski definition) is 4. The number of aromatic hydroxyl groups is 1.